The van der Waals surface area contributed by atoms with Gasteiger partial charge in [0.25, 0.3) is 0 Å². The molecule has 1 aromatic heterocycles. The van der Waals surface area contributed by atoms with Gasteiger partial charge in [-0.2, -0.15) is 0 Å². The lowest BCUT2D eigenvalue weighted by atomic mass is 10.1. The van der Waals surface area contributed by atoms with Crippen LogP contribution in [0.1, 0.15) is 33.8 Å². The molecule has 2 aromatic carbocycles. The van der Waals surface area contributed by atoms with Crippen molar-refractivity contribution in [2.45, 2.75) is 13.0 Å². The highest BCUT2D eigenvalue weighted by molar-refractivity contribution is 7.10. The van der Waals surface area contributed by atoms with Crippen LogP contribution in [0, 0.1) is 5.82 Å². The number of Topliss-reactive ketones (excluding diaryl/α,β-unsaturated/α-hetero) is 1. The van der Waals surface area contributed by atoms with Gasteiger partial charge in [-0.1, -0.05) is 36.4 Å². The molecule has 1 N–H and O–H groups in total. The van der Waals surface area contributed by atoms with Gasteiger partial charge in [0.1, 0.15) is 5.82 Å². The minimum atomic E-state index is -0.384. The van der Waals surface area contributed by atoms with E-state index >= 15 is 0 Å². The zero-order chi connectivity index (χ0) is 22.5. The molecule has 166 valence electrons. The molecular weight excluding hydrogens is 425 g/mol. The summed E-state index contributed by atoms with van der Waals surface area (Å²) < 4.78 is 14.5. The number of ketones is 1. The Morgan fingerprint density at radius 2 is 1.78 bits per heavy atom. The quantitative estimate of drug-likeness (QED) is 0.549. The summed E-state index contributed by atoms with van der Waals surface area (Å²) in [5.41, 5.74) is 1.93. The standard InChI is InChI=1S/C25H26FN3O2S/c1-18(30)20-9-10-22(21(26)16-20)29-13-11-28(12-14-29)17-24(31)27-25(23-8-5-15-32-23)19-6-3-2-4-7-19/h2-10,15-16,25H,11-14,17H2,1H3,(H,27,31). The van der Waals surface area contributed by atoms with E-state index in [2.05, 4.69) is 10.2 Å². The largest absolute Gasteiger partial charge is 0.367 e. The van der Waals surface area contributed by atoms with Gasteiger partial charge in [0, 0.05) is 36.6 Å². The number of nitrogens with zero attached hydrogens (tertiary/aromatic N) is 2. The number of rotatable bonds is 7. The summed E-state index contributed by atoms with van der Waals surface area (Å²) >= 11 is 1.62. The van der Waals surface area contributed by atoms with Gasteiger partial charge in [0.15, 0.2) is 5.78 Å². The van der Waals surface area contributed by atoms with Crippen LogP contribution in [0.25, 0.3) is 0 Å². The Kier molecular flexibility index (Phi) is 6.97. The van der Waals surface area contributed by atoms with Crippen molar-refractivity contribution in [3.63, 3.8) is 0 Å². The lowest BCUT2D eigenvalue weighted by Gasteiger charge is -2.36. The van der Waals surface area contributed by atoms with E-state index in [4.69, 9.17) is 0 Å². The first-order chi connectivity index (χ1) is 15.5. The van der Waals surface area contributed by atoms with E-state index in [1.54, 1.807) is 23.5 Å². The van der Waals surface area contributed by atoms with Crippen LogP contribution >= 0.6 is 11.3 Å². The van der Waals surface area contributed by atoms with Crippen molar-refractivity contribution in [1.82, 2.24) is 10.2 Å². The van der Waals surface area contributed by atoms with E-state index in [9.17, 15) is 14.0 Å². The van der Waals surface area contributed by atoms with Crippen LogP contribution in [0.3, 0.4) is 0 Å². The number of piperazine rings is 1. The van der Waals surface area contributed by atoms with Crippen LogP contribution in [-0.4, -0.2) is 49.3 Å². The number of halogens is 1. The molecule has 1 aliphatic rings. The van der Waals surface area contributed by atoms with E-state index in [0.29, 0.717) is 44.0 Å². The van der Waals surface area contributed by atoms with E-state index < -0.39 is 0 Å². The molecule has 7 heteroatoms. The Morgan fingerprint density at radius 3 is 2.41 bits per heavy atom. The Balaban J connectivity index is 1.35. The second-order valence-corrected chi connectivity index (χ2v) is 8.89. The number of benzene rings is 2. The van der Waals surface area contributed by atoms with Crippen molar-refractivity contribution in [2.75, 3.05) is 37.6 Å². The fraction of sp³-hybridized carbons (Fsp3) is 0.280. The summed E-state index contributed by atoms with van der Waals surface area (Å²) in [6, 6.07) is 18.4. The normalized spacial score (nSPS) is 15.4. The number of thiophene rings is 1. The average Bonchev–Trinajstić information content (AvgIpc) is 3.33. The van der Waals surface area contributed by atoms with Crippen molar-refractivity contribution >= 4 is 28.7 Å². The summed E-state index contributed by atoms with van der Waals surface area (Å²) in [7, 11) is 0. The molecule has 1 unspecified atom stereocenters. The average molecular weight is 452 g/mol. The van der Waals surface area contributed by atoms with Crippen molar-refractivity contribution in [3.8, 4) is 0 Å². The Hall–Kier alpha value is -3.03. The number of nitrogens with one attached hydrogen (secondary N) is 1. The molecule has 1 amide bonds. The summed E-state index contributed by atoms with van der Waals surface area (Å²) in [5, 5.41) is 5.19. The fourth-order valence-electron chi connectivity index (χ4n) is 3.96. The molecule has 32 heavy (non-hydrogen) atoms. The molecule has 0 aliphatic carbocycles. The molecule has 0 spiro atoms. The molecule has 0 bridgehead atoms. The summed E-state index contributed by atoms with van der Waals surface area (Å²) in [5.74, 6) is -0.564. The van der Waals surface area contributed by atoms with Crippen LogP contribution in [0.5, 0.6) is 0 Å². The molecule has 2 heterocycles. The lowest BCUT2D eigenvalue weighted by molar-refractivity contribution is -0.122. The van der Waals surface area contributed by atoms with Crippen LogP contribution in [0.15, 0.2) is 66.0 Å². The van der Waals surface area contributed by atoms with E-state index in [0.717, 1.165) is 10.4 Å². The maximum atomic E-state index is 14.5. The predicted molar refractivity (Wildman–Crippen MR) is 126 cm³/mol. The van der Waals surface area contributed by atoms with Gasteiger partial charge in [-0.15, -0.1) is 11.3 Å². The molecule has 4 rings (SSSR count). The number of hydrogen-bond donors (Lipinski definition) is 1. The minimum absolute atomic E-state index is 0.0299. The third kappa shape index (κ3) is 5.23. The zero-order valence-corrected chi connectivity index (χ0v) is 18.8. The Morgan fingerprint density at radius 1 is 1.03 bits per heavy atom. The van der Waals surface area contributed by atoms with Crippen LogP contribution in [0.4, 0.5) is 10.1 Å². The maximum Gasteiger partial charge on any atom is 0.234 e. The zero-order valence-electron chi connectivity index (χ0n) is 18.0. The number of hydrogen-bond acceptors (Lipinski definition) is 5. The van der Waals surface area contributed by atoms with Crippen molar-refractivity contribution < 1.29 is 14.0 Å². The second-order valence-electron chi connectivity index (χ2n) is 7.91. The van der Waals surface area contributed by atoms with Gasteiger partial charge >= 0.3 is 0 Å². The van der Waals surface area contributed by atoms with Crippen LogP contribution in [-0.2, 0) is 4.79 Å². The molecule has 1 aliphatic heterocycles. The molecule has 3 aromatic rings. The monoisotopic (exact) mass is 451 g/mol. The van der Waals surface area contributed by atoms with Gasteiger partial charge in [0.2, 0.25) is 5.91 Å². The van der Waals surface area contributed by atoms with Crippen molar-refractivity contribution in [3.05, 3.63) is 87.9 Å². The fourth-order valence-corrected chi connectivity index (χ4v) is 4.76. The van der Waals surface area contributed by atoms with Crippen molar-refractivity contribution in [1.29, 1.82) is 0 Å². The van der Waals surface area contributed by atoms with Gasteiger partial charge in [-0.3, -0.25) is 14.5 Å². The summed E-state index contributed by atoms with van der Waals surface area (Å²) in [4.78, 5) is 29.4. The van der Waals surface area contributed by atoms with E-state index in [-0.39, 0.29) is 23.5 Å². The molecule has 0 saturated carbocycles. The Bertz CT molecular complexity index is 1060. The highest BCUT2D eigenvalue weighted by Crippen LogP contribution is 2.26. The molecular formula is C25H26FN3O2S. The summed E-state index contributed by atoms with van der Waals surface area (Å²) in [6.07, 6.45) is 0. The first-order valence-corrected chi connectivity index (χ1v) is 11.5. The number of carbonyl (C=O) groups excluding carboxylic acids is 2. The third-order valence-electron chi connectivity index (χ3n) is 5.70. The van der Waals surface area contributed by atoms with Gasteiger partial charge in [0.05, 0.1) is 18.3 Å². The third-order valence-corrected chi connectivity index (χ3v) is 6.64. The second kappa shape index (κ2) is 10.1. The van der Waals surface area contributed by atoms with Gasteiger partial charge in [-0.25, -0.2) is 4.39 Å². The summed E-state index contributed by atoms with van der Waals surface area (Å²) in [6.45, 7) is 4.30. The molecule has 1 fully saturated rings. The molecule has 1 saturated heterocycles. The first kappa shape index (κ1) is 22.2. The van der Waals surface area contributed by atoms with E-state index in [1.807, 2.05) is 52.7 Å². The molecule has 5 nitrogen and oxygen atoms in total. The highest BCUT2D eigenvalue weighted by atomic mass is 32.1. The van der Waals surface area contributed by atoms with Gasteiger partial charge in [-0.05, 0) is 42.1 Å². The topological polar surface area (TPSA) is 52.7 Å². The van der Waals surface area contributed by atoms with Crippen LogP contribution in [0.2, 0.25) is 0 Å². The number of carbonyl (C=O) groups is 2. The van der Waals surface area contributed by atoms with Crippen molar-refractivity contribution in [2.24, 2.45) is 0 Å². The van der Waals surface area contributed by atoms with Crippen LogP contribution < -0.4 is 10.2 Å². The van der Waals surface area contributed by atoms with E-state index in [1.165, 1.54) is 13.0 Å². The first-order valence-electron chi connectivity index (χ1n) is 10.7. The highest BCUT2D eigenvalue weighted by Gasteiger charge is 2.23. The maximum absolute atomic E-state index is 14.5. The lowest BCUT2D eigenvalue weighted by Crippen LogP contribution is -2.50. The minimum Gasteiger partial charge on any atom is -0.367 e. The Labute approximate surface area is 191 Å². The van der Waals surface area contributed by atoms with Gasteiger partial charge < -0.3 is 10.2 Å². The number of anilines is 1. The smallest absolute Gasteiger partial charge is 0.234 e. The number of amides is 1. The predicted octanol–water partition coefficient (Wildman–Crippen LogP) is 4.12. The molecule has 0 radical (unpaired) electrons. The molecule has 1 atom stereocenters. The SMILES string of the molecule is CC(=O)c1ccc(N2CCN(CC(=O)NC(c3ccccc3)c3cccs3)CC2)c(F)c1.